The summed E-state index contributed by atoms with van der Waals surface area (Å²) in [5.74, 6) is -38.8. The van der Waals surface area contributed by atoms with E-state index in [1.807, 2.05) is 0 Å². The van der Waals surface area contributed by atoms with E-state index in [0.29, 0.717) is 0 Å². The van der Waals surface area contributed by atoms with Crippen LogP contribution >= 0.6 is 0 Å². The number of hydrogen-bond acceptors (Lipinski definition) is 4. The van der Waals surface area contributed by atoms with Crippen LogP contribution in [-0.4, -0.2) is 60.4 Å². The lowest BCUT2D eigenvalue weighted by Crippen LogP contribution is -2.84. The van der Waals surface area contributed by atoms with E-state index in [9.17, 15) is 57.9 Å². The van der Waals surface area contributed by atoms with Crippen molar-refractivity contribution in [1.82, 2.24) is 0 Å². The van der Waals surface area contributed by atoms with Crippen molar-refractivity contribution in [2.45, 2.75) is 68.9 Å². The van der Waals surface area contributed by atoms with Gasteiger partial charge in [0.2, 0.25) is 0 Å². The number of rotatable bonds is 7. The van der Waals surface area contributed by atoms with E-state index in [4.69, 9.17) is 0 Å². The van der Waals surface area contributed by atoms with Crippen molar-refractivity contribution >= 4 is 11.9 Å². The highest BCUT2D eigenvalue weighted by atomic mass is 19.4. The highest BCUT2D eigenvalue weighted by molar-refractivity contribution is 5.76. The molecule has 1 fully saturated rings. The minimum Gasteiger partial charge on any atom is -0.465 e. The summed E-state index contributed by atoms with van der Waals surface area (Å²) in [5.41, 5.74) is -7.42. The Labute approximate surface area is 168 Å². The Kier molecular flexibility index (Phi) is 6.71. The Morgan fingerprint density at radius 3 is 1.48 bits per heavy atom. The van der Waals surface area contributed by atoms with Crippen LogP contribution < -0.4 is 0 Å². The summed E-state index contributed by atoms with van der Waals surface area (Å²) in [6.45, 7) is 0.503. The molecule has 0 spiro atoms. The summed E-state index contributed by atoms with van der Waals surface area (Å²) < 4.78 is 157. The lowest BCUT2D eigenvalue weighted by molar-refractivity contribution is -0.487. The summed E-state index contributed by atoms with van der Waals surface area (Å²) in [5, 5.41) is 0. The first kappa shape index (κ1) is 27.2. The van der Waals surface area contributed by atoms with Gasteiger partial charge in [-0.15, -0.1) is 0 Å². The Morgan fingerprint density at radius 2 is 1.10 bits per heavy atom. The van der Waals surface area contributed by atoms with Crippen LogP contribution in [0.1, 0.15) is 33.6 Å². The molecule has 0 unspecified atom stereocenters. The highest BCUT2D eigenvalue weighted by Crippen LogP contribution is 2.69. The molecule has 1 aliphatic carbocycles. The number of carbonyl (C=O) groups is 2. The van der Waals surface area contributed by atoms with E-state index in [1.54, 1.807) is 6.92 Å². The molecule has 0 N–H and O–H groups in total. The number of hydrogen-bond donors (Lipinski definition) is 0. The van der Waals surface area contributed by atoms with Crippen molar-refractivity contribution in [3.63, 3.8) is 0 Å². The summed E-state index contributed by atoms with van der Waals surface area (Å²) in [7, 11) is 0. The Hall–Kier alpha value is -1.83. The SMILES string of the molecule is CCC(C)(C)C(=O)OCCC(=O)OCC1(F)C(F)(F)C(F)(F)C(F)(F)C(F)(F)C1(F)F. The fraction of sp³-hybridized carbons (Fsp3) is 0.875. The van der Waals surface area contributed by atoms with Crippen molar-refractivity contribution < 1.29 is 67.4 Å². The molecule has 1 aliphatic rings. The van der Waals surface area contributed by atoms with E-state index in [-0.39, 0.29) is 6.42 Å². The average molecular weight is 482 g/mol. The van der Waals surface area contributed by atoms with Gasteiger partial charge in [-0.2, -0.15) is 43.9 Å². The summed E-state index contributed by atoms with van der Waals surface area (Å²) in [4.78, 5) is 23.0. The Bertz CT molecular complexity index is 688. The van der Waals surface area contributed by atoms with Crippen LogP contribution in [0.25, 0.3) is 0 Å². The fourth-order valence-corrected chi connectivity index (χ4v) is 2.29. The third-order valence-corrected chi connectivity index (χ3v) is 4.98. The molecule has 0 aromatic rings. The first-order valence-corrected chi connectivity index (χ1v) is 8.49. The van der Waals surface area contributed by atoms with Gasteiger partial charge in [-0.3, -0.25) is 9.59 Å². The monoisotopic (exact) mass is 482 g/mol. The first-order valence-electron chi connectivity index (χ1n) is 8.49. The highest BCUT2D eigenvalue weighted by Gasteiger charge is 3.01. The molecule has 0 aliphatic heterocycles. The van der Waals surface area contributed by atoms with E-state index in [2.05, 4.69) is 9.47 Å². The smallest absolute Gasteiger partial charge is 0.384 e. The molecule has 182 valence electrons. The van der Waals surface area contributed by atoms with Gasteiger partial charge in [-0.1, -0.05) is 6.92 Å². The molecule has 0 radical (unpaired) electrons. The van der Waals surface area contributed by atoms with E-state index >= 15 is 0 Å². The van der Waals surface area contributed by atoms with Crippen LogP contribution in [0, 0.1) is 5.41 Å². The molecule has 0 atom stereocenters. The first-order chi connectivity index (χ1) is 13.6. The second-order valence-electron chi connectivity index (χ2n) is 7.46. The summed E-state index contributed by atoms with van der Waals surface area (Å²) >= 11 is 0. The molecular formula is C16H17F11O4. The summed E-state index contributed by atoms with van der Waals surface area (Å²) in [6.07, 6.45) is -0.820. The molecule has 1 saturated carbocycles. The molecule has 0 amide bonds. The number of esters is 2. The zero-order valence-electron chi connectivity index (χ0n) is 16.1. The standard InChI is InChI=1S/C16H17F11O4/c1-4-10(2,3)9(29)30-6-5-8(28)31-7-11(17)12(18,19)14(22,23)16(26,27)15(24,25)13(11,20)21/h4-7H2,1-3H3. The molecule has 31 heavy (non-hydrogen) atoms. The molecule has 1 rings (SSSR count). The second-order valence-corrected chi connectivity index (χ2v) is 7.46. The molecule has 4 nitrogen and oxygen atoms in total. The lowest BCUT2D eigenvalue weighted by Gasteiger charge is -2.52. The third kappa shape index (κ3) is 3.60. The van der Waals surface area contributed by atoms with Crippen molar-refractivity contribution in [2.75, 3.05) is 13.2 Å². The predicted octanol–water partition coefficient (Wildman–Crippen LogP) is 4.80. The van der Waals surface area contributed by atoms with E-state index < -0.39 is 72.3 Å². The quantitative estimate of drug-likeness (QED) is 0.387. The average Bonchev–Trinajstić information content (AvgIpc) is 2.64. The second kappa shape index (κ2) is 7.64. The molecule has 0 heterocycles. The van der Waals surface area contributed by atoms with Gasteiger partial charge >= 0.3 is 41.6 Å². The van der Waals surface area contributed by atoms with E-state index in [0.717, 1.165) is 0 Å². The van der Waals surface area contributed by atoms with Crippen molar-refractivity contribution in [3.05, 3.63) is 0 Å². The maximum Gasteiger partial charge on any atom is 0.384 e. The van der Waals surface area contributed by atoms with Crippen LogP contribution in [0.5, 0.6) is 0 Å². The zero-order valence-corrected chi connectivity index (χ0v) is 16.1. The van der Waals surface area contributed by atoms with Gasteiger partial charge in [0.15, 0.2) is 0 Å². The molecule has 15 heteroatoms. The van der Waals surface area contributed by atoms with Crippen LogP contribution in [-0.2, 0) is 19.1 Å². The topological polar surface area (TPSA) is 52.6 Å². The van der Waals surface area contributed by atoms with E-state index in [1.165, 1.54) is 13.8 Å². The van der Waals surface area contributed by atoms with Gasteiger partial charge in [0, 0.05) is 0 Å². The lowest BCUT2D eigenvalue weighted by atomic mass is 9.72. The van der Waals surface area contributed by atoms with Crippen LogP contribution in [0.3, 0.4) is 0 Å². The number of carbonyl (C=O) groups excluding carboxylic acids is 2. The predicted molar refractivity (Wildman–Crippen MR) is 79.2 cm³/mol. The van der Waals surface area contributed by atoms with Crippen LogP contribution in [0.4, 0.5) is 48.3 Å². The third-order valence-electron chi connectivity index (χ3n) is 4.98. The Morgan fingerprint density at radius 1 is 0.710 bits per heavy atom. The van der Waals surface area contributed by atoms with Crippen LogP contribution in [0.15, 0.2) is 0 Å². The van der Waals surface area contributed by atoms with Crippen molar-refractivity contribution in [2.24, 2.45) is 5.41 Å². The molecule has 0 aromatic heterocycles. The molecular weight excluding hydrogens is 465 g/mol. The Balaban J connectivity index is 3.03. The largest absolute Gasteiger partial charge is 0.465 e. The minimum absolute atomic E-state index is 0.276. The van der Waals surface area contributed by atoms with Gasteiger partial charge in [-0.05, 0) is 20.3 Å². The molecule has 0 bridgehead atoms. The maximum absolute atomic E-state index is 14.3. The minimum atomic E-state index is -7.34. The van der Waals surface area contributed by atoms with Gasteiger partial charge < -0.3 is 9.47 Å². The molecule has 0 aromatic carbocycles. The zero-order chi connectivity index (χ0) is 24.9. The van der Waals surface area contributed by atoms with Crippen LogP contribution in [0.2, 0.25) is 0 Å². The fourth-order valence-electron chi connectivity index (χ4n) is 2.29. The van der Waals surface area contributed by atoms with Gasteiger partial charge in [0.1, 0.15) is 13.2 Å². The van der Waals surface area contributed by atoms with Gasteiger partial charge in [-0.25, -0.2) is 4.39 Å². The normalized spacial score (nSPS) is 24.8. The van der Waals surface area contributed by atoms with Gasteiger partial charge in [0.05, 0.1) is 11.8 Å². The number of halogens is 11. The van der Waals surface area contributed by atoms with Gasteiger partial charge in [0.25, 0.3) is 5.67 Å². The van der Waals surface area contributed by atoms with Crippen molar-refractivity contribution in [1.29, 1.82) is 0 Å². The summed E-state index contributed by atoms with van der Waals surface area (Å²) in [6, 6.07) is 0. The molecule has 0 saturated heterocycles. The van der Waals surface area contributed by atoms with Crippen molar-refractivity contribution in [3.8, 4) is 0 Å². The maximum atomic E-state index is 14.3. The number of alkyl halides is 11. The number of ether oxygens (including phenoxy) is 2.